The molecule has 2 amide bonds. The first kappa shape index (κ1) is 14.5. The molecule has 0 saturated carbocycles. The van der Waals surface area contributed by atoms with E-state index in [0.29, 0.717) is 25.1 Å². The zero-order valence-corrected chi connectivity index (χ0v) is 11.4. The number of rotatable bonds is 4. The molecule has 1 aliphatic heterocycles. The number of carbonyl (C=O) groups excluding carboxylic acids is 2. The Labute approximate surface area is 117 Å². The fourth-order valence-electron chi connectivity index (χ4n) is 2.15. The van der Waals surface area contributed by atoms with Crippen LogP contribution in [0, 0.1) is 0 Å². The van der Waals surface area contributed by atoms with Gasteiger partial charge in [-0.3, -0.25) is 25.3 Å². The summed E-state index contributed by atoms with van der Waals surface area (Å²) in [5.74, 6) is -0.653. The highest BCUT2D eigenvalue weighted by molar-refractivity contribution is 5.95. The molecule has 0 spiro atoms. The fourth-order valence-corrected chi connectivity index (χ4v) is 2.15. The second kappa shape index (κ2) is 6.02. The van der Waals surface area contributed by atoms with Crippen molar-refractivity contribution in [2.75, 3.05) is 19.6 Å². The van der Waals surface area contributed by atoms with Crippen LogP contribution in [0.3, 0.4) is 0 Å². The summed E-state index contributed by atoms with van der Waals surface area (Å²) in [6.07, 6.45) is 0.676. The Kier molecular flexibility index (Phi) is 4.36. The smallest absolute Gasteiger partial charge is 0.269 e. The van der Waals surface area contributed by atoms with E-state index in [1.807, 2.05) is 17.9 Å². The Morgan fingerprint density at radius 3 is 2.50 bits per heavy atom. The number of hydrogen-bond donors (Lipinski definition) is 3. The van der Waals surface area contributed by atoms with E-state index >= 15 is 0 Å². The van der Waals surface area contributed by atoms with Crippen LogP contribution in [-0.4, -0.2) is 47.1 Å². The summed E-state index contributed by atoms with van der Waals surface area (Å²) in [6, 6.07) is 8.65. The van der Waals surface area contributed by atoms with Gasteiger partial charge >= 0.3 is 0 Å². The topological polar surface area (TPSA) is 81.7 Å². The van der Waals surface area contributed by atoms with Gasteiger partial charge in [-0.15, -0.1) is 0 Å². The molecule has 6 nitrogen and oxygen atoms in total. The summed E-state index contributed by atoms with van der Waals surface area (Å²) in [5.41, 5.74) is 4.55. The average molecular weight is 277 g/mol. The van der Waals surface area contributed by atoms with Crippen LogP contribution in [0.15, 0.2) is 30.3 Å². The molecule has 1 aliphatic rings. The Morgan fingerprint density at radius 2 is 1.90 bits per heavy atom. The van der Waals surface area contributed by atoms with E-state index in [1.165, 1.54) is 0 Å². The van der Waals surface area contributed by atoms with Gasteiger partial charge < -0.3 is 5.11 Å². The van der Waals surface area contributed by atoms with Gasteiger partial charge in [-0.05, 0) is 18.6 Å². The molecule has 108 valence electrons. The Hall–Kier alpha value is -1.92. The molecule has 6 heteroatoms. The first-order valence-electron chi connectivity index (χ1n) is 6.61. The average Bonchev–Trinajstić information content (AvgIpc) is 2.43. The van der Waals surface area contributed by atoms with Crippen molar-refractivity contribution in [3.05, 3.63) is 35.9 Å². The van der Waals surface area contributed by atoms with Crippen LogP contribution in [0.4, 0.5) is 0 Å². The first-order chi connectivity index (χ1) is 9.52. The van der Waals surface area contributed by atoms with Crippen LogP contribution < -0.4 is 10.9 Å². The third-order valence-corrected chi connectivity index (χ3v) is 3.41. The molecule has 0 bridgehead atoms. The highest BCUT2D eigenvalue weighted by Crippen LogP contribution is 2.23. The summed E-state index contributed by atoms with van der Waals surface area (Å²) in [5, 5.41) is 9.83. The number of hydrogen-bond acceptors (Lipinski definition) is 4. The summed E-state index contributed by atoms with van der Waals surface area (Å²) in [7, 11) is 0. The summed E-state index contributed by atoms with van der Waals surface area (Å²) >= 11 is 0. The van der Waals surface area contributed by atoms with Crippen molar-refractivity contribution in [1.29, 1.82) is 0 Å². The van der Waals surface area contributed by atoms with Gasteiger partial charge in [-0.2, -0.15) is 0 Å². The molecule has 1 heterocycles. The molecule has 2 rings (SSSR count). The number of nitrogens with one attached hydrogen (secondary N) is 2. The third-order valence-electron chi connectivity index (χ3n) is 3.41. The highest BCUT2D eigenvalue weighted by Gasteiger charge is 2.39. The van der Waals surface area contributed by atoms with Crippen LogP contribution in [0.2, 0.25) is 0 Å². The lowest BCUT2D eigenvalue weighted by Crippen LogP contribution is -2.63. The molecule has 1 aromatic carbocycles. The standard InChI is InChI=1S/C14H19N3O3/c1-2-14(20)9-17(10-14)8-12(18)15-16-13(19)11-6-4-3-5-7-11/h3-7,20H,2,8-10H2,1H3,(H,15,18)(H,16,19). The minimum atomic E-state index is -0.659. The van der Waals surface area contributed by atoms with E-state index in [-0.39, 0.29) is 18.4 Å². The lowest BCUT2D eigenvalue weighted by Gasteiger charge is -2.45. The van der Waals surface area contributed by atoms with Crippen LogP contribution in [0.5, 0.6) is 0 Å². The van der Waals surface area contributed by atoms with E-state index in [0.717, 1.165) is 0 Å². The van der Waals surface area contributed by atoms with Gasteiger partial charge in [0.1, 0.15) is 0 Å². The van der Waals surface area contributed by atoms with Crippen molar-refractivity contribution in [2.24, 2.45) is 0 Å². The molecule has 20 heavy (non-hydrogen) atoms. The largest absolute Gasteiger partial charge is 0.387 e. The number of carbonyl (C=O) groups is 2. The van der Waals surface area contributed by atoms with Gasteiger partial charge in [0.15, 0.2) is 0 Å². The second-order valence-electron chi connectivity index (χ2n) is 5.09. The molecule has 0 radical (unpaired) electrons. The molecule has 0 aliphatic carbocycles. The molecular formula is C14H19N3O3. The van der Waals surface area contributed by atoms with Crippen LogP contribution in [-0.2, 0) is 4.79 Å². The van der Waals surface area contributed by atoms with Crippen molar-refractivity contribution in [1.82, 2.24) is 15.8 Å². The number of benzene rings is 1. The normalized spacial score (nSPS) is 17.1. The predicted octanol–water partition coefficient (Wildman–Crippen LogP) is -0.0957. The van der Waals surface area contributed by atoms with Gasteiger partial charge in [0.2, 0.25) is 0 Å². The number of aliphatic hydroxyl groups is 1. The molecule has 0 aromatic heterocycles. The molecule has 0 unspecified atom stereocenters. The van der Waals surface area contributed by atoms with Crippen molar-refractivity contribution in [3.8, 4) is 0 Å². The summed E-state index contributed by atoms with van der Waals surface area (Å²) in [4.78, 5) is 25.1. The maximum Gasteiger partial charge on any atom is 0.269 e. The van der Waals surface area contributed by atoms with E-state index < -0.39 is 5.60 Å². The minimum absolute atomic E-state index is 0.164. The Balaban J connectivity index is 1.70. The van der Waals surface area contributed by atoms with E-state index in [4.69, 9.17) is 0 Å². The number of amides is 2. The van der Waals surface area contributed by atoms with Crippen molar-refractivity contribution in [2.45, 2.75) is 18.9 Å². The first-order valence-corrected chi connectivity index (χ1v) is 6.61. The maximum atomic E-state index is 11.7. The molecule has 1 fully saturated rings. The van der Waals surface area contributed by atoms with Gasteiger partial charge in [0, 0.05) is 18.7 Å². The molecular weight excluding hydrogens is 258 g/mol. The van der Waals surface area contributed by atoms with Crippen LogP contribution in [0.25, 0.3) is 0 Å². The van der Waals surface area contributed by atoms with Crippen LogP contribution in [0.1, 0.15) is 23.7 Å². The molecule has 3 N–H and O–H groups in total. The van der Waals surface area contributed by atoms with Gasteiger partial charge in [-0.25, -0.2) is 0 Å². The maximum absolute atomic E-state index is 11.7. The fraction of sp³-hybridized carbons (Fsp3) is 0.429. The zero-order valence-electron chi connectivity index (χ0n) is 11.4. The molecule has 1 saturated heterocycles. The third kappa shape index (κ3) is 3.55. The number of likely N-dealkylation sites (tertiary alicyclic amines) is 1. The van der Waals surface area contributed by atoms with Gasteiger partial charge in [-0.1, -0.05) is 25.1 Å². The van der Waals surface area contributed by atoms with E-state index in [1.54, 1.807) is 24.3 Å². The Bertz CT molecular complexity index is 484. The highest BCUT2D eigenvalue weighted by atomic mass is 16.3. The van der Waals surface area contributed by atoms with Crippen molar-refractivity contribution < 1.29 is 14.7 Å². The number of β-amino-alcohol motifs (C(OH)–C–C–N with tert-alkyl or cyclic N) is 1. The summed E-state index contributed by atoms with van der Waals surface area (Å²) in [6.45, 7) is 3.06. The second-order valence-corrected chi connectivity index (χ2v) is 5.09. The quantitative estimate of drug-likeness (QED) is 0.672. The number of nitrogens with zero attached hydrogens (tertiary/aromatic N) is 1. The lowest BCUT2D eigenvalue weighted by molar-refractivity contribution is -0.133. The van der Waals surface area contributed by atoms with Gasteiger partial charge in [0.05, 0.1) is 12.1 Å². The lowest BCUT2D eigenvalue weighted by atomic mass is 9.91. The van der Waals surface area contributed by atoms with E-state index in [9.17, 15) is 14.7 Å². The van der Waals surface area contributed by atoms with Crippen molar-refractivity contribution >= 4 is 11.8 Å². The van der Waals surface area contributed by atoms with Gasteiger partial charge in [0.25, 0.3) is 11.8 Å². The number of hydrazine groups is 1. The monoisotopic (exact) mass is 277 g/mol. The molecule has 1 aromatic rings. The Morgan fingerprint density at radius 1 is 1.25 bits per heavy atom. The van der Waals surface area contributed by atoms with Crippen LogP contribution >= 0.6 is 0 Å². The molecule has 0 atom stereocenters. The van der Waals surface area contributed by atoms with E-state index in [2.05, 4.69) is 10.9 Å². The van der Waals surface area contributed by atoms with Crippen molar-refractivity contribution in [3.63, 3.8) is 0 Å². The summed E-state index contributed by atoms with van der Waals surface area (Å²) < 4.78 is 0. The predicted molar refractivity (Wildman–Crippen MR) is 73.7 cm³/mol. The SMILES string of the molecule is CCC1(O)CN(CC(=O)NNC(=O)c2ccccc2)C1. The minimum Gasteiger partial charge on any atom is -0.387 e. The zero-order chi connectivity index (χ0) is 14.6.